The molecule has 0 saturated heterocycles. The van der Waals surface area contributed by atoms with Crippen molar-refractivity contribution in [1.29, 1.82) is 0 Å². The highest BCUT2D eigenvalue weighted by atomic mass is 35.5. The standard InChI is InChI=1S/C21H18Cl2F2N4O2S/c1-3-8-29-20(12(2)31-18-7-5-14(24)10-16(18)25)27-28-21(29)32-11-19(30)26-17-9-13(22)4-6-15(17)23/h3-7,9-10,12H,1,8,11H2,2H3,(H,26,30). The Balaban J connectivity index is 1.70. The van der Waals surface area contributed by atoms with Gasteiger partial charge < -0.3 is 10.1 Å². The van der Waals surface area contributed by atoms with Crippen molar-refractivity contribution in [2.45, 2.75) is 24.7 Å². The van der Waals surface area contributed by atoms with E-state index in [1.54, 1.807) is 35.8 Å². The maximum atomic E-state index is 13.9. The van der Waals surface area contributed by atoms with Gasteiger partial charge in [0.25, 0.3) is 0 Å². The lowest BCUT2D eigenvalue weighted by Gasteiger charge is -2.16. The number of amides is 1. The third-order valence-corrected chi connectivity index (χ3v) is 5.68. The van der Waals surface area contributed by atoms with Crippen LogP contribution >= 0.6 is 35.0 Å². The van der Waals surface area contributed by atoms with Gasteiger partial charge in [-0.15, -0.1) is 16.8 Å². The van der Waals surface area contributed by atoms with Gasteiger partial charge in [-0.05, 0) is 37.3 Å². The molecule has 0 radical (unpaired) electrons. The molecule has 1 atom stereocenters. The number of halogens is 4. The van der Waals surface area contributed by atoms with Gasteiger partial charge in [0, 0.05) is 17.6 Å². The molecule has 11 heteroatoms. The maximum absolute atomic E-state index is 13.9. The Labute approximate surface area is 197 Å². The van der Waals surface area contributed by atoms with Crippen LogP contribution in [0, 0.1) is 11.6 Å². The Morgan fingerprint density at radius 1 is 1.28 bits per heavy atom. The van der Waals surface area contributed by atoms with E-state index in [-0.39, 0.29) is 17.4 Å². The number of nitrogens with one attached hydrogen (secondary N) is 1. The molecule has 32 heavy (non-hydrogen) atoms. The van der Waals surface area contributed by atoms with Crippen LogP contribution < -0.4 is 10.1 Å². The van der Waals surface area contributed by atoms with Gasteiger partial charge in [-0.1, -0.05) is 41.0 Å². The summed E-state index contributed by atoms with van der Waals surface area (Å²) in [4.78, 5) is 12.4. The van der Waals surface area contributed by atoms with E-state index >= 15 is 0 Å². The number of carbonyl (C=O) groups excluding carboxylic acids is 1. The summed E-state index contributed by atoms with van der Waals surface area (Å²) < 4.78 is 34.4. The molecule has 0 aliphatic rings. The Morgan fingerprint density at radius 3 is 2.78 bits per heavy atom. The fourth-order valence-corrected chi connectivity index (χ4v) is 3.82. The van der Waals surface area contributed by atoms with Gasteiger partial charge in [0.05, 0.1) is 16.5 Å². The first kappa shape index (κ1) is 24.0. The van der Waals surface area contributed by atoms with Crippen LogP contribution in [0.5, 0.6) is 5.75 Å². The normalized spacial score (nSPS) is 11.8. The smallest absolute Gasteiger partial charge is 0.234 e. The van der Waals surface area contributed by atoms with Crippen molar-refractivity contribution < 1.29 is 18.3 Å². The van der Waals surface area contributed by atoms with Gasteiger partial charge in [-0.25, -0.2) is 8.78 Å². The molecule has 3 aromatic rings. The van der Waals surface area contributed by atoms with Crippen molar-refractivity contribution >= 4 is 46.6 Å². The molecule has 0 aliphatic carbocycles. The van der Waals surface area contributed by atoms with Crippen LogP contribution in [-0.4, -0.2) is 26.4 Å². The second-order valence-corrected chi connectivity index (χ2v) is 8.32. The summed E-state index contributed by atoms with van der Waals surface area (Å²) in [5.41, 5.74) is 0.404. The van der Waals surface area contributed by atoms with E-state index in [1.165, 1.54) is 6.07 Å². The first-order chi connectivity index (χ1) is 15.3. The highest BCUT2D eigenvalue weighted by Crippen LogP contribution is 2.28. The molecule has 3 rings (SSSR count). The summed E-state index contributed by atoms with van der Waals surface area (Å²) in [6, 6.07) is 7.81. The number of anilines is 1. The minimum Gasteiger partial charge on any atom is -0.480 e. The lowest BCUT2D eigenvalue weighted by Crippen LogP contribution is -2.16. The van der Waals surface area contributed by atoms with Gasteiger partial charge in [-0.3, -0.25) is 9.36 Å². The van der Waals surface area contributed by atoms with Crippen molar-refractivity contribution in [2.75, 3.05) is 11.1 Å². The number of benzene rings is 2. The zero-order valence-corrected chi connectivity index (χ0v) is 19.1. The summed E-state index contributed by atoms with van der Waals surface area (Å²) in [6.45, 7) is 5.72. The molecule has 0 fully saturated rings. The molecular weight excluding hydrogens is 481 g/mol. The van der Waals surface area contributed by atoms with E-state index in [2.05, 4.69) is 22.1 Å². The summed E-state index contributed by atoms with van der Waals surface area (Å²) >= 11 is 13.2. The third-order valence-electron chi connectivity index (χ3n) is 4.15. The molecule has 1 aromatic heterocycles. The highest BCUT2D eigenvalue weighted by Gasteiger charge is 2.21. The SMILES string of the molecule is C=CCn1c(SCC(=O)Nc2cc(Cl)ccc2Cl)nnc1C(C)Oc1ccc(F)cc1F. The Hall–Kier alpha value is -2.62. The number of nitrogens with zero attached hydrogens (tertiary/aromatic N) is 3. The number of rotatable bonds is 9. The monoisotopic (exact) mass is 498 g/mol. The van der Waals surface area contributed by atoms with E-state index in [0.717, 1.165) is 23.9 Å². The summed E-state index contributed by atoms with van der Waals surface area (Å²) in [6.07, 6.45) is 0.935. The second-order valence-electron chi connectivity index (χ2n) is 6.54. The minimum atomic E-state index is -0.822. The number of allylic oxidation sites excluding steroid dienone is 1. The Morgan fingerprint density at radius 2 is 2.06 bits per heavy atom. The van der Waals surface area contributed by atoms with E-state index < -0.39 is 17.7 Å². The molecule has 6 nitrogen and oxygen atoms in total. The predicted octanol–water partition coefficient (Wildman–Crippen LogP) is 5.92. The van der Waals surface area contributed by atoms with E-state index in [9.17, 15) is 13.6 Å². The fourth-order valence-electron chi connectivity index (χ4n) is 2.73. The third kappa shape index (κ3) is 5.99. The zero-order valence-electron chi connectivity index (χ0n) is 16.8. The van der Waals surface area contributed by atoms with Crippen LogP contribution in [0.2, 0.25) is 10.0 Å². The van der Waals surface area contributed by atoms with Gasteiger partial charge in [0.2, 0.25) is 5.91 Å². The van der Waals surface area contributed by atoms with Gasteiger partial charge in [0.1, 0.15) is 5.82 Å². The molecule has 0 spiro atoms. The van der Waals surface area contributed by atoms with E-state index in [1.807, 2.05) is 0 Å². The lowest BCUT2D eigenvalue weighted by molar-refractivity contribution is -0.113. The first-order valence-electron chi connectivity index (χ1n) is 9.32. The number of carbonyl (C=O) groups is 1. The number of aromatic nitrogens is 3. The quantitative estimate of drug-likeness (QED) is 0.293. The molecule has 1 unspecified atom stereocenters. The maximum Gasteiger partial charge on any atom is 0.234 e. The van der Waals surface area contributed by atoms with Crippen LogP contribution in [0.3, 0.4) is 0 Å². The van der Waals surface area contributed by atoms with Crippen molar-refractivity contribution in [3.8, 4) is 5.75 Å². The van der Waals surface area contributed by atoms with Crippen LogP contribution in [0.25, 0.3) is 0 Å². The average molecular weight is 499 g/mol. The summed E-state index contributed by atoms with van der Waals surface area (Å²) in [5.74, 6) is -1.52. The molecule has 1 N–H and O–H groups in total. The van der Waals surface area contributed by atoms with E-state index in [4.69, 9.17) is 27.9 Å². The molecule has 0 aliphatic heterocycles. The molecule has 2 aromatic carbocycles. The Kier molecular flexibility index (Phi) is 8.11. The van der Waals surface area contributed by atoms with Gasteiger partial charge in [0.15, 0.2) is 28.7 Å². The van der Waals surface area contributed by atoms with Gasteiger partial charge >= 0.3 is 0 Å². The van der Waals surface area contributed by atoms with Crippen molar-refractivity contribution in [3.63, 3.8) is 0 Å². The van der Waals surface area contributed by atoms with Crippen LogP contribution in [0.1, 0.15) is 18.9 Å². The highest BCUT2D eigenvalue weighted by molar-refractivity contribution is 7.99. The van der Waals surface area contributed by atoms with Crippen LogP contribution in [0.4, 0.5) is 14.5 Å². The zero-order chi connectivity index (χ0) is 23.3. The molecule has 1 amide bonds. The predicted molar refractivity (Wildman–Crippen MR) is 121 cm³/mol. The minimum absolute atomic E-state index is 0.0277. The van der Waals surface area contributed by atoms with Crippen molar-refractivity contribution in [2.24, 2.45) is 0 Å². The molecule has 0 saturated carbocycles. The fraction of sp³-hybridized carbons (Fsp3) is 0.190. The van der Waals surface area contributed by atoms with Gasteiger partial charge in [-0.2, -0.15) is 0 Å². The molecule has 168 valence electrons. The number of ether oxygens (including phenoxy) is 1. The molecular formula is C21H18Cl2F2N4O2S. The largest absolute Gasteiger partial charge is 0.480 e. The van der Waals surface area contributed by atoms with Crippen molar-refractivity contribution in [1.82, 2.24) is 14.8 Å². The topological polar surface area (TPSA) is 69.0 Å². The summed E-state index contributed by atoms with van der Waals surface area (Å²) in [7, 11) is 0. The number of thioether (sulfide) groups is 1. The van der Waals surface area contributed by atoms with E-state index in [0.29, 0.717) is 33.3 Å². The Bertz CT molecular complexity index is 1140. The van der Waals surface area contributed by atoms with Crippen LogP contribution in [-0.2, 0) is 11.3 Å². The average Bonchev–Trinajstić information content (AvgIpc) is 3.14. The molecule has 0 bridgehead atoms. The first-order valence-corrected chi connectivity index (χ1v) is 11.1. The van der Waals surface area contributed by atoms with Crippen LogP contribution in [0.15, 0.2) is 54.2 Å². The lowest BCUT2D eigenvalue weighted by atomic mass is 10.3. The summed E-state index contributed by atoms with van der Waals surface area (Å²) in [5, 5.41) is 12.2. The number of hydrogen-bond donors (Lipinski definition) is 1. The number of hydrogen-bond acceptors (Lipinski definition) is 5. The second kappa shape index (κ2) is 10.8. The van der Waals surface area contributed by atoms with Crippen molar-refractivity contribution in [3.05, 3.63) is 76.6 Å². The molecule has 1 heterocycles.